The van der Waals surface area contributed by atoms with Gasteiger partial charge in [0.15, 0.2) is 0 Å². The molecule has 9 aromatic rings. The maximum atomic E-state index is 9.47. The third-order valence-electron chi connectivity index (χ3n) is 8.19. The van der Waals surface area contributed by atoms with Gasteiger partial charge in [0.2, 0.25) is 0 Å². The summed E-state index contributed by atoms with van der Waals surface area (Å²) in [5.41, 5.74) is 3.48. The highest BCUT2D eigenvalue weighted by Gasteiger charge is 2.17. The summed E-state index contributed by atoms with van der Waals surface area (Å²) in [5.74, 6) is 0. The number of furan rings is 1. The molecule has 0 N–H and O–H groups in total. The summed E-state index contributed by atoms with van der Waals surface area (Å²) in [7, 11) is 0. The first-order chi connectivity index (χ1) is 26.9. The van der Waals surface area contributed by atoms with Crippen molar-refractivity contribution in [2.75, 3.05) is 0 Å². The van der Waals surface area contributed by atoms with Crippen molar-refractivity contribution in [3.05, 3.63) is 170 Å². The SMILES string of the molecule is [2H]c1c([2H])c(-c2ccccc2)c([2H])c(-c2c3ccccc3c(-c3cccc(-c4c([2H])c([2H])c5oc6c([2H])c([2H])c([2H])c([2H])c6c5c4[2H])c3)c3ccccc23)c1[2H]. The smallest absolute Gasteiger partial charge is 0.135 e. The number of hydrogen-bond donors (Lipinski definition) is 0. The Balaban J connectivity index is 1.33. The van der Waals surface area contributed by atoms with Gasteiger partial charge in [-0.3, -0.25) is 0 Å². The molecule has 0 atom stereocenters. The van der Waals surface area contributed by atoms with E-state index in [0.29, 0.717) is 16.7 Å². The summed E-state index contributed by atoms with van der Waals surface area (Å²) in [4.78, 5) is 0. The van der Waals surface area contributed by atoms with Crippen LogP contribution in [-0.4, -0.2) is 0 Å². The highest BCUT2D eigenvalue weighted by molar-refractivity contribution is 6.21. The highest BCUT2D eigenvalue weighted by Crippen LogP contribution is 2.45. The second-order valence-corrected chi connectivity index (χ2v) is 10.8. The van der Waals surface area contributed by atoms with Crippen LogP contribution in [0.3, 0.4) is 0 Å². The number of rotatable bonds is 4. The molecule has 0 fully saturated rings. The Morgan fingerprint density at radius 1 is 0.356 bits per heavy atom. The summed E-state index contributed by atoms with van der Waals surface area (Å²) in [6.07, 6.45) is 0. The summed E-state index contributed by atoms with van der Waals surface area (Å²) >= 11 is 0. The van der Waals surface area contributed by atoms with E-state index < -0.39 is 18.1 Å². The second-order valence-electron chi connectivity index (χ2n) is 10.8. The fraction of sp³-hybridized carbons (Fsp3) is 0. The Kier molecular flexibility index (Phi) is 3.87. The molecule has 1 nitrogen and oxygen atoms in total. The normalized spacial score (nSPS) is 15.0. The van der Waals surface area contributed by atoms with Gasteiger partial charge in [0.25, 0.3) is 0 Å². The van der Waals surface area contributed by atoms with Gasteiger partial charge >= 0.3 is 0 Å². The Morgan fingerprint density at radius 2 is 0.933 bits per heavy atom. The number of fused-ring (bicyclic) bond motifs is 5. The highest BCUT2D eigenvalue weighted by atomic mass is 16.3. The van der Waals surface area contributed by atoms with Gasteiger partial charge in [-0.15, -0.1) is 0 Å². The van der Waals surface area contributed by atoms with Crippen molar-refractivity contribution in [1.29, 1.82) is 0 Å². The van der Waals surface area contributed by atoms with E-state index >= 15 is 0 Å². The fourth-order valence-corrected chi connectivity index (χ4v) is 6.20. The van der Waals surface area contributed by atoms with Crippen molar-refractivity contribution < 1.29 is 19.5 Å². The molecule has 1 heterocycles. The van der Waals surface area contributed by atoms with E-state index in [1.165, 1.54) is 0 Å². The standard InChI is InChI=1S/C44H28O/c1-2-12-29(13-3-1)30-14-10-16-33(26-30)43-36-19-4-6-21-38(36)44(39-22-7-5-20-37(39)43)34-17-11-15-31(27-34)32-24-25-42-40(28-32)35-18-8-9-23-41(35)45-42/h1-28H/i8D,9D,10D,14D,16D,18D,23D,24D,25D,26D,28D. The quantitative estimate of drug-likeness (QED) is 0.188. The van der Waals surface area contributed by atoms with Crippen LogP contribution in [-0.2, 0) is 0 Å². The predicted molar refractivity (Wildman–Crippen MR) is 190 cm³/mol. The van der Waals surface area contributed by atoms with E-state index in [-0.39, 0.29) is 87.0 Å². The monoisotopic (exact) mass is 583 g/mol. The van der Waals surface area contributed by atoms with Gasteiger partial charge in [0, 0.05) is 10.8 Å². The summed E-state index contributed by atoms with van der Waals surface area (Å²) in [6, 6.07) is 28.3. The molecule has 8 aromatic carbocycles. The molecule has 0 aliphatic rings. The third-order valence-corrected chi connectivity index (χ3v) is 8.19. The minimum atomic E-state index is -0.493. The molecule has 45 heavy (non-hydrogen) atoms. The van der Waals surface area contributed by atoms with E-state index in [4.69, 9.17) is 16.8 Å². The predicted octanol–water partition coefficient (Wildman–Crippen LogP) is 12.6. The van der Waals surface area contributed by atoms with Crippen molar-refractivity contribution in [2.45, 2.75) is 0 Å². The number of para-hydroxylation sites is 1. The van der Waals surface area contributed by atoms with Gasteiger partial charge in [-0.25, -0.2) is 0 Å². The van der Waals surface area contributed by atoms with Crippen molar-refractivity contribution >= 4 is 43.5 Å². The summed E-state index contributed by atoms with van der Waals surface area (Å²) < 4.78 is 103. The average Bonchev–Trinajstić information content (AvgIpc) is 3.63. The Morgan fingerprint density at radius 3 is 1.69 bits per heavy atom. The van der Waals surface area contributed by atoms with E-state index in [2.05, 4.69) is 0 Å². The van der Waals surface area contributed by atoms with Crippen LogP contribution in [0.1, 0.15) is 15.1 Å². The Bertz CT molecular complexity index is 3100. The van der Waals surface area contributed by atoms with Crippen LogP contribution < -0.4 is 0 Å². The first-order valence-corrected chi connectivity index (χ1v) is 14.5. The van der Waals surface area contributed by atoms with Gasteiger partial charge in [-0.1, -0.05) is 139 Å². The minimum Gasteiger partial charge on any atom is -0.456 e. The number of benzene rings is 8. The molecule has 0 spiro atoms. The molecule has 1 heteroatoms. The van der Waals surface area contributed by atoms with Crippen molar-refractivity contribution in [3.63, 3.8) is 0 Å². The molecule has 0 amide bonds. The van der Waals surface area contributed by atoms with E-state index in [1.54, 1.807) is 24.3 Å². The molecule has 0 unspecified atom stereocenters. The lowest BCUT2D eigenvalue weighted by Crippen LogP contribution is -1.91. The number of hydrogen-bond acceptors (Lipinski definition) is 1. The van der Waals surface area contributed by atoms with Gasteiger partial charge in [-0.2, -0.15) is 0 Å². The molecule has 0 radical (unpaired) electrons. The lowest BCUT2D eigenvalue weighted by molar-refractivity contribution is 0.669. The van der Waals surface area contributed by atoms with Crippen LogP contribution in [0.25, 0.3) is 88.0 Å². The average molecular weight is 584 g/mol. The van der Waals surface area contributed by atoms with E-state index in [1.807, 2.05) is 78.9 Å². The Hall–Kier alpha value is -5.92. The molecule has 0 saturated heterocycles. The zero-order valence-electron chi connectivity index (χ0n) is 34.7. The minimum absolute atomic E-state index is 0.0123. The molecule has 0 saturated carbocycles. The molecule has 210 valence electrons. The molecule has 1 aromatic heterocycles. The molecule has 0 bridgehead atoms. The zero-order valence-corrected chi connectivity index (χ0v) is 23.7. The largest absolute Gasteiger partial charge is 0.456 e. The molecular weight excluding hydrogens is 544 g/mol. The van der Waals surface area contributed by atoms with Crippen molar-refractivity contribution in [1.82, 2.24) is 0 Å². The maximum Gasteiger partial charge on any atom is 0.135 e. The van der Waals surface area contributed by atoms with E-state index in [0.717, 1.165) is 32.7 Å². The van der Waals surface area contributed by atoms with Crippen LogP contribution in [0.15, 0.2) is 174 Å². The zero-order chi connectivity index (χ0) is 39.3. The first kappa shape index (κ1) is 16.8. The molecule has 0 aliphatic heterocycles. The van der Waals surface area contributed by atoms with E-state index in [9.17, 15) is 2.74 Å². The van der Waals surface area contributed by atoms with Crippen LogP contribution in [0.4, 0.5) is 0 Å². The van der Waals surface area contributed by atoms with Crippen LogP contribution >= 0.6 is 0 Å². The third kappa shape index (κ3) is 4.24. The van der Waals surface area contributed by atoms with Gasteiger partial charge in [0.05, 0.1) is 15.1 Å². The van der Waals surface area contributed by atoms with Gasteiger partial charge < -0.3 is 4.42 Å². The lowest BCUT2D eigenvalue weighted by atomic mass is 9.85. The summed E-state index contributed by atoms with van der Waals surface area (Å²) in [6.45, 7) is 0. The Labute approximate surface area is 277 Å². The van der Waals surface area contributed by atoms with Crippen LogP contribution in [0.5, 0.6) is 0 Å². The molecule has 0 aliphatic carbocycles. The van der Waals surface area contributed by atoms with Crippen molar-refractivity contribution in [2.24, 2.45) is 0 Å². The van der Waals surface area contributed by atoms with Crippen molar-refractivity contribution in [3.8, 4) is 44.5 Å². The molecule has 9 rings (SSSR count). The van der Waals surface area contributed by atoms with Crippen LogP contribution in [0.2, 0.25) is 0 Å². The summed E-state index contributed by atoms with van der Waals surface area (Å²) in [5, 5.41) is 3.04. The second kappa shape index (κ2) is 10.4. The molecular formula is C44H28O. The topological polar surface area (TPSA) is 13.1 Å². The van der Waals surface area contributed by atoms with Crippen LogP contribution in [0, 0.1) is 0 Å². The fourth-order valence-electron chi connectivity index (χ4n) is 6.20. The maximum absolute atomic E-state index is 9.47. The lowest BCUT2D eigenvalue weighted by Gasteiger charge is -2.18. The van der Waals surface area contributed by atoms with Gasteiger partial charge in [-0.05, 0) is 96.3 Å². The van der Waals surface area contributed by atoms with Gasteiger partial charge in [0.1, 0.15) is 11.2 Å². The first-order valence-electron chi connectivity index (χ1n) is 20.0.